The number of hydrogen-bond donors (Lipinski definition) is 1. The van der Waals surface area contributed by atoms with Crippen molar-refractivity contribution < 1.29 is 9.18 Å². The standard InChI is InChI=1S/C24H30FN3O/c1-18(29)26-17-20-5-6-21-8-14-28(24(21)16-20)23-9-12-27(13-10-23)11-7-19-3-2-4-22(25)15-19/h2-6,15-16,23H,7-14,17H2,1H3,(H,26,29). The molecule has 1 saturated heterocycles. The number of anilines is 1. The van der Waals surface area contributed by atoms with E-state index in [4.69, 9.17) is 0 Å². The maximum Gasteiger partial charge on any atom is 0.217 e. The fourth-order valence-corrected chi connectivity index (χ4v) is 4.60. The predicted molar refractivity (Wildman–Crippen MR) is 115 cm³/mol. The second-order valence-corrected chi connectivity index (χ2v) is 8.27. The monoisotopic (exact) mass is 395 g/mol. The Hall–Kier alpha value is -2.40. The summed E-state index contributed by atoms with van der Waals surface area (Å²) >= 11 is 0. The zero-order valence-electron chi connectivity index (χ0n) is 17.2. The summed E-state index contributed by atoms with van der Waals surface area (Å²) in [6.07, 6.45) is 4.34. The molecule has 2 aromatic rings. The number of likely N-dealkylation sites (tertiary alicyclic amines) is 1. The van der Waals surface area contributed by atoms with Crippen molar-refractivity contribution in [2.75, 3.05) is 31.1 Å². The van der Waals surface area contributed by atoms with Gasteiger partial charge in [0.25, 0.3) is 0 Å². The number of fused-ring (bicyclic) bond motifs is 1. The number of nitrogens with zero attached hydrogens (tertiary/aromatic N) is 2. The molecule has 4 rings (SSSR count). The van der Waals surface area contributed by atoms with Gasteiger partial charge in [0.15, 0.2) is 0 Å². The molecule has 1 amide bonds. The number of benzene rings is 2. The van der Waals surface area contributed by atoms with Crippen LogP contribution < -0.4 is 10.2 Å². The van der Waals surface area contributed by atoms with Crippen LogP contribution in [-0.4, -0.2) is 43.0 Å². The minimum absolute atomic E-state index is 0.00738. The first-order valence-electron chi connectivity index (χ1n) is 10.7. The van der Waals surface area contributed by atoms with Crippen LogP contribution in [0.25, 0.3) is 0 Å². The van der Waals surface area contributed by atoms with Gasteiger partial charge in [0.05, 0.1) is 0 Å². The van der Waals surface area contributed by atoms with Crippen molar-refractivity contribution in [2.45, 2.75) is 45.2 Å². The van der Waals surface area contributed by atoms with Crippen LogP contribution in [0.5, 0.6) is 0 Å². The molecule has 2 aliphatic heterocycles. The van der Waals surface area contributed by atoms with E-state index in [-0.39, 0.29) is 11.7 Å². The molecule has 0 atom stereocenters. The molecule has 2 aromatic carbocycles. The van der Waals surface area contributed by atoms with E-state index in [0.717, 1.165) is 44.6 Å². The van der Waals surface area contributed by atoms with E-state index >= 15 is 0 Å². The van der Waals surface area contributed by atoms with Gasteiger partial charge >= 0.3 is 0 Å². The molecule has 1 N–H and O–H groups in total. The summed E-state index contributed by atoms with van der Waals surface area (Å²) in [6, 6.07) is 14.1. The van der Waals surface area contributed by atoms with E-state index < -0.39 is 0 Å². The molecule has 0 radical (unpaired) electrons. The summed E-state index contributed by atoms with van der Waals surface area (Å²) in [6.45, 7) is 6.42. The number of halogens is 1. The molecule has 0 aromatic heterocycles. The van der Waals surface area contributed by atoms with Gasteiger partial charge in [-0.25, -0.2) is 4.39 Å². The molecule has 0 saturated carbocycles. The van der Waals surface area contributed by atoms with Crippen molar-refractivity contribution in [1.29, 1.82) is 0 Å². The number of hydrogen-bond acceptors (Lipinski definition) is 3. The smallest absolute Gasteiger partial charge is 0.217 e. The van der Waals surface area contributed by atoms with Crippen LogP contribution in [0.4, 0.5) is 10.1 Å². The van der Waals surface area contributed by atoms with E-state index in [0.29, 0.717) is 12.6 Å². The second-order valence-electron chi connectivity index (χ2n) is 8.27. The molecular formula is C24H30FN3O. The summed E-state index contributed by atoms with van der Waals surface area (Å²) in [4.78, 5) is 16.3. The second kappa shape index (κ2) is 8.95. The molecule has 0 aliphatic carbocycles. The van der Waals surface area contributed by atoms with Gasteiger partial charge in [-0.2, -0.15) is 0 Å². The third kappa shape index (κ3) is 4.96. The summed E-state index contributed by atoms with van der Waals surface area (Å²) < 4.78 is 13.4. The maximum absolute atomic E-state index is 13.4. The van der Waals surface area contributed by atoms with E-state index in [1.807, 2.05) is 6.07 Å². The zero-order chi connectivity index (χ0) is 20.2. The Bertz CT molecular complexity index is 861. The lowest BCUT2D eigenvalue weighted by Gasteiger charge is -2.38. The number of nitrogens with one attached hydrogen (secondary N) is 1. The van der Waals surface area contributed by atoms with Crippen molar-refractivity contribution >= 4 is 11.6 Å². The first-order chi connectivity index (χ1) is 14.1. The average molecular weight is 396 g/mol. The quantitative estimate of drug-likeness (QED) is 0.813. The van der Waals surface area contributed by atoms with Gasteiger partial charge in [-0.15, -0.1) is 0 Å². The van der Waals surface area contributed by atoms with Gasteiger partial charge in [-0.3, -0.25) is 4.79 Å². The topological polar surface area (TPSA) is 35.6 Å². The molecule has 4 nitrogen and oxygen atoms in total. The fraction of sp³-hybridized carbons (Fsp3) is 0.458. The fourth-order valence-electron chi connectivity index (χ4n) is 4.60. The van der Waals surface area contributed by atoms with E-state index in [1.54, 1.807) is 19.1 Å². The van der Waals surface area contributed by atoms with Crippen molar-refractivity contribution in [3.63, 3.8) is 0 Å². The van der Waals surface area contributed by atoms with Crippen LogP contribution in [0.15, 0.2) is 42.5 Å². The molecular weight excluding hydrogens is 365 g/mol. The highest BCUT2D eigenvalue weighted by Crippen LogP contribution is 2.33. The van der Waals surface area contributed by atoms with Gasteiger partial charge in [0.2, 0.25) is 5.91 Å². The van der Waals surface area contributed by atoms with Crippen LogP contribution in [0, 0.1) is 5.82 Å². The number of piperidine rings is 1. The molecule has 0 unspecified atom stereocenters. The zero-order valence-corrected chi connectivity index (χ0v) is 17.2. The third-order valence-corrected chi connectivity index (χ3v) is 6.23. The Morgan fingerprint density at radius 3 is 2.69 bits per heavy atom. The largest absolute Gasteiger partial charge is 0.368 e. The molecule has 5 heteroatoms. The highest BCUT2D eigenvalue weighted by atomic mass is 19.1. The number of amides is 1. The van der Waals surface area contributed by atoms with Crippen molar-refractivity contribution in [3.05, 3.63) is 65.0 Å². The predicted octanol–water partition coefficient (Wildman–Crippen LogP) is 3.53. The molecule has 2 aliphatic rings. The molecule has 0 spiro atoms. The minimum atomic E-state index is -0.147. The van der Waals surface area contributed by atoms with Crippen molar-refractivity contribution in [1.82, 2.24) is 10.2 Å². The Kier molecular flexibility index (Phi) is 6.14. The molecule has 154 valence electrons. The summed E-state index contributed by atoms with van der Waals surface area (Å²) in [5, 5.41) is 2.90. The van der Waals surface area contributed by atoms with Gasteiger partial charge in [-0.1, -0.05) is 24.3 Å². The molecule has 2 heterocycles. The van der Waals surface area contributed by atoms with Gasteiger partial charge in [0.1, 0.15) is 5.82 Å². The highest BCUT2D eigenvalue weighted by Gasteiger charge is 2.29. The first kappa shape index (κ1) is 19.9. The van der Waals surface area contributed by atoms with Crippen LogP contribution in [0.2, 0.25) is 0 Å². The Morgan fingerprint density at radius 2 is 1.93 bits per heavy atom. The molecule has 1 fully saturated rings. The Balaban J connectivity index is 1.31. The number of carbonyl (C=O) groups is 1. The van der Waals surface area contributed by atoms with Gasteiger partial charge < -0.3 is 15.1 Å². The number of rotatable bonds is 6. The molecule has 29 heavy (non-hydrogen) atoms. The summed E-state index contributed by atoms with van der Waals surface area (Å²) in [5.41, 5.74) is 5.02. The van der Waals surface area contributed by atoms with Crippen LogP contribution >= 0.6 is 0 Å². The molecule has 0 bridgehead atoms. The maximum atomic E-state index is 13.4. The Labute approximate surface area is 172 Å². The highest BCUT2D eigenvalue weighted by molar-refractivity contribution is 5.73. The normalized spacial score (nSPS) is 17.4. The van der Waals surface area contributed by atoms with E-state index in [1.165, 1.54) is 35.7 Å². The van der Waals surface area contributed by atoms with Crippen LogP contribution in [0.3, 0.4) is 0 Å². The summed E-state index contributed by atoms with van der Waals surface area (Å²) in [5.74, 6) is -0.139. The van der Waals surface area contributed by atoms with Gasteiger partial charge in [0, 0.05) is 51.4 Å². The summed E-state index contributed by atoms with van der Waals surface area (Å²) in [7, 11) is 0. The Morgan fingerprint density at radius 1 is 1.10 bits per heavy atom. The third-order valence-electron chi connectivity index (χ3n) is 6.23. The van der Waals surface area contributed by atoms with Crippen LogP contribution in [0.1, 0.15) is 36.5 Å². The number of carbonyl (C=O) groups excluding carboxylic acids is 1. The lowest BCUT2D eigenvalue weighted by atomic mass is 10.0. The van der Waals surface area contributed by atoms with E-state index in [2.05, 4.69) is 33.3 Å². The van der Waals surface area contributed by atoms with Gasteiger partial charge in [-0.05, 0) is 60.6 Å². The van der Waals surface area contributed by atoms with Crippen LogP contribution in [-0.2, 0) is 24.2 Å². The lowest BCUT2D eigenvalue weighted by molar-refractivity contribution is -0.119. The minimum Gasteiger partial charge on any atom is -0.368 e. The van der Waals surface area contributed by atoms with Crippen molar-refractivity contribution in [2.24, 2.45) is 0 Å². The lowest BCUT2D eigenvalue weighted by Crippen LogP contribution is -2.45. The van der Waals surface area contributed by atoms with E-state index in [9.17, 15) is 9.18 Å². The van der Waals surface area contributed by atoms with Crippen molar-refractivity contribution in [3.8, 4) is 0 Å². The SMILES string of the molecule is CC(=O)NCc1ccc2c(c1)N(C1CCN(CCc3cccc(F)c3)CC1)CC2. The average Bonchev–Trinajstić information content (AvgIpc) is 3.14. The first-order valence-corrected chi connectivity index (χ1v) is 10.7.